The zero-order valence-electron chi connectivity index (χ0n) is 14.7. The summed E-state index contributed by atoms with van der Waals surface area (Å²) in [5.41, 5.74) is 2.37. The number of likely N-dealkylation sites (tertiary alicyclic amines) is 1. The maximum absolute atomic E-state index is 11.5. The first-order valence-corrected chi connectivity index (χ1v) is 8.97. The normalized spacial score (nSPS) is 25.0. The highest BCUT2D eigenvalue weighted by Gasteiger charge is 2.34. The van der Waals surface area contributed by atoms with Crippen LogP contribution in [-0.4, -0.2) is 67.1 Å². The molecule has 2 atom stereocenters. The second-order valence-electron chi connectivity index (χ2n) is 7.25. The van der Waals surface area contributed by atoms with Crippen LogP contribution in [0, 0.1) is 5.92 Å². The summed E-state index contributed by atoms with van der Waals surface area (Å²) in [4.78, 5) is 16.0. The first-order chi connectivity index (χ1) is 11.6. The molecule has 1 aromatic rings. The fraction of sp³-hybridized carbons (Fsp3) is 0.632. The van der Waals surface area contributed by atoms with Crippen LogP contribution in [0.1, 0.15) is 30.1 Å². The van der Waals surface area contributed by atoms with Gasteiger partial charge in [0.05, 0.1) is 12.6 Å². The van der Waals surface area contributed by atoms with Gasteiger partial charge >= 0.3 is 0 Å². The Hall–Kier alpha value is -1.43. The Morgan fingerprint density at radius 3 is 2.71 bits per heavy atom. The van der Waals surface area contributed by atoms with E-state index in [0.29, 0.717) is 12.5 Å². The van der Waals surface area contributed by atoms with Crippen molar-refractivity contribution in [1.29, 1.82) is 0 Å². The number of aliphatic hydroxyl groups excluding tert-OH is 1. The number of hydrogen-bond acceptors (Lipinski definition) is 4. The number of rotatable bonds is 5. The lowest BCUT2D eigenvalue weighted by Crippen LogP contribution is -2.44. The third-order valence-electron chi connectivity index (χ3n) is 5.63. The Morgan fingerprint density at radius 1 is 1.33 bits per heavy atom. The number of aliphatic hydroxyl groups is 1. The van der Waals surface area contributed by atoms with Gasteiger partial charge in [-0.3, -0.25) is 14.6 Å². The average Bonchev–Trinajstić information content (AvgIpc) is 2.94. The Bertz CT molecular complexity index is 569. The predicted octanol–water partition coefficient (Wildman–Crippen LogP) is 1.03. The molecular formula is C19H29N3O2. The van der Waals surface area contributed by atoms with E-state index >= 15 is 0 Å². The topological polar surface area (TPSA) is 55.8 Å². The molecule has 0 unspecified atom stereocenters. The Labute approximate surface area is 144 Å². The van der Waals surface area contributed by atoms with Crippen LogP contribution < -0.4 is 5.32 Å². The molecule has 5 heteroatoms. The number of nitrogens with one attached hydrogen (secondary N) is 1. The quantitative estimate of drug-likeness (QED) is 0.846. The van der Waals surface area contributed by atoms with E-state index in [4.69, 9.17) is 0 Å². The Balaban J connectivity index is 1.49. The number of nitrogens with zero attached hydrogens (tertiary/aromatic N) is 2. The standard InChI is InChI=1S/C19H29N3O2/c1-20-18(23)13-22-9-7-14(8-10-22)12-21(2)17-11-15-5-3-4-6-16(15)19(17)24/h3-6,14,17,19,24H,7-13H2,1-2H3,(H,20,23)/t17-,19+/m0/s1. The van der Waals surface area contributed by atoms with E-state index in [1.165, 1.54) is 5.56 Å². The van der Waals surface area contributed by atoms with Gasteiger partial charge in [0, 0.05) is 19.6 Å². The van der Waals surface area contributed by atoms with Crippen molar-refractivity contribution in [3.05, 3.63) is 35.4 Å². The number of piperidine rings is 1. The molecular weight excluding hydrogens is 302 g/mol. The molecule has 2 N–H and O–H groups in total. The first-order valence-electron chi connectivity index (χ1n) is 8.97. The van der Waals surface area contributed by atoms with Crippen molar-refractivity contribution >= 4 is 5.91 Å². The van der Waals surface area contributed by atoms with Gasteiger partial charge in [0.15, 0.2) is 0 Å². The van der Waals surface area contributed by atoms with Crippen LogP contribution in [0.2, 0.25) is 0 Å². The summed E-state index contributed by atoms with van der Waals surface area (Å²) < 4.78 is 0. The SMILES string of the molecule is CNC(=O)CN1CCC(CN(C)[C@H]2Cc3ccccc3[C@H]2O)CC1. The summed E-state index contributed by atoms with van der Waals surface area (Å²) in [5.74, 6) is 0.740. The summed E-state index contributed by atoms with van der Waals surface area (Å²) >= 11 is 0. The minimum Gasteiger partial charge on any atom is -0.387 e. The van der Waals surface area contributed by atoms with Gasteiger partial charge in [0.2, 0.25) is 5.91 Å². The molecule has 1 heterocycles. The highest BCUT2D eigenvalue weighted by molar-refractivity contribution is 5.77. The molecule has 1 aliphatic heterocycles. The second kappa shape index (κ2) is 7.64. The summed E-state index contributed by atoms with van der Waals surface area (Å²) in [5, 5.41) is 13.3. The van der Waals surface area contributed by atoms with E-state index in [1.807, 2.05) is 12.1 Å². The zero-order chi connectivity index (χ0) is 17.1. The fourth-order valence-electron chi connectivity index (χ4n) is 4.10. The van der Waals surface area contributed by atoms with Gasteiger partial charge in [-0.15, -0.1) is 0 Å². The van der Waals surface area contributed by atoms with E-state index in [-0.39, 0.29) is 18.1 Å². The number of hydrogen-bond donors (Lipinski definition) is 2. The van der Waals surface area contributed by atoms with Crippen LogP contribution in [0.15, 0.2) is 24.3 Å². The number of carbonyl (C=O) groups is 1. The number of carbonyl (C=O) groups excluding carboxylic acids is 1. The Morgan fingerprint density at radius 2 is 2.04 bits per heavy atom. The van der Waals surface area contributed by atoms with Crippen LogP contribution in [0.5, 0.6) is 0 Å². The molecule has 0 saturated carbocycles. The maximum atomic E-state index is 11.5. The van der Waals surface area contributed by atoms with E-state index in [0.717, 1.165) is 44.5 Å². The van der Waals surface area contributed by atoms with Crippen molar-refractivity contribution in [2.75, 3.05) is 40.3 Å². The lowest BCUT2D eigenvalue weighted by molar-refractivity contribution is -0.122. The number of likely N-dealkylation sites (N-methyl/N-ethyl adjacent to an activating group) is 2. The molecule has 0 radical (unpaired) electrons. The lowest BCUT2D eigenvalue weighted by Gasteiger charge is -2.35. The molecule has 1 amide bonds. The van der Waals surface area contributed by atoms with Crippen LogP contribution in [-0.2, 0) is 11.2 Å². The average molecular weight is 331 g/mol. The third kappa shape index (κ3) is 3.79. The largest absolute Gasteiger partial charge is 0.387 e. The van der Waals surface area contributed by atoms with Crippen molar-refractivity contribution in [3.63, 3.8) is 0 Å². The van der Waals surface area contributed by atoms with Crippen LogP contribution >= 0.6 is 0 Å². The number of fused-ring (bicyclic) bond motifs is 1. The molecule has 1 aromatic carbocycles. The van der Waals surface area contributed by atoms with Crippen LogP contribution in [0.4, 0.5) is 0 Å². The van der Waals surface area contributed by atoms with Gasteiger partial charge in [-0.05, 0) is 56.4 Å². The molecule has 0 aromatic heterocycles. The molecule has 24 heavy (non-hydrogen) atoms. The van der Waals surface area contributed by atoms with Crippen LogP contribution in [0.3, 0.4) is 0 Å². The minimum atomic E-state index is -0.375. The molecule has 5 nitrogen and oxygen atoms in total. The number of amides is 1. The summed E-state index contributed by atoms with van der Waals surface area (Å²) in [6.07, 6.45) is 2.80. The molecule has 1 aliphatic carbocycles. The smallest absolute Gasteiger partial charge is 0.233 e. The van der Waals surface area contributed by atoms with Gasteiger partial charge in [-0.2, -0.15) is 0 Å². The van der Waals surface area contributed by atoms with Gasteiger partial charge in [-0.25, -0.2) is 0 Å². The number of benzene rings is 1. The zero-order valence-corrected chi connectivity index (χ0v) is 14.7. The van der Waals surface area contributed by atoms with Crippen molar-refractivity contribution in [1.82, 2.24) is 15.1 Å². The van der Waals surface area contributed by atoms with Crippen molar-refractivity contribution in [2.24, 2.45) is 5.92 Å². The molecule has 0 spiro atoms. The minimum absolute atomic E-state index is 0.0948. The van der Waals surface area contributed by atoms with Gasteiger partial charge < -0.3 is 10.4 Å². The van der Waals surface area contributed by atoms with E-state index in [2.05, 4.69) is 34.3 Å². The highest BCUT2D eigenvalue weighted by Crippen LogP contribution is 2.34. The van der Waals surface area contributed by atoms with Crippen LogP contribution in [0.25, 0.3) is 0 Å². The summed E-state index contributed by atoms with van der Waals surface area (Å²) in [7, 11) is 3.83. The fourth-order valence-corrected chi connectivity index (χ4v) is 4.10. The molecule has 0 bridgehead atoms. The predicted molar refractivity (Wildman–Crippen MR) is 94.8 cm³/mol. The molecule has 3 rings (SSSR count). The van der Waals surface area contributed by atoms with E-state index < -0.39 is 0 Å². The van der Waals surface area contributed by atoms with Crippen molar-refractivity contribution in [3.8, 4) is 0 Å². The Kier molecular flexibility index (Phi) is 5.54. The molecule has 132 valence electrons. The van der Waals surface area contributed by atoms with Gasteiger partial charge in [0.1, 0.15) is 0 Å². The van der Waals surface area contributed by atoms with E-state index in [9.17, 15) is 9.90 Å². The molecule has 1 saturated heterocycles. The maximum Gasteiger partial charge on any atom is 0.233 e. The van der Waals surface area contributed by atoms with Gasteiger partial charge in [0.25, 0.3) is 0 Å². The van der Waals surface area contributed by atoms with E-state index in [1.54, 1.807) is 7.05 Å². The van der Waals surface area contributed by atoms with Gasteiger partial charge in [-0.1, -0.05) is 24.3 Å². The third-order valence-corrected chi connectivity index (χ3v) is 5.63. The van der Waals surface area contributed by atoms with Crippen molar-refractivity contribution in [2.45, 2.75) is 31.4 Å². The summed E-state index contributed by atoms with van der Waals surface area (Å²) in [6.45, 7) is 3.50. The second-order valence-corrected chi connectivity index (χ2v) is 7.25. The monoisotopic (exact) mass is 331 g/mol. The molecule has 2 aliphatic rings. The lowest BCUT2D eigenvalue weighted by atomic mass is 9.95. The molecule has 1 fully saturated rings. The highest BCUT2D eigenvalue weighted by atomic mass is 16.3. The first kappa shape index (κ1) is 17.4. The summed E-state index contributed by atoms with van der Waals surface area (Å²) in [6, 6.07) is 8.42. The van der Waals surface area contributed by atoms with Crippen molar-refractivity contribution < 1.29 is 9.90 Å².